The number of hydrogen-bond acceptors (Lipinski definition) is 1. The molecule has 0 N–H and O–H groups in total. The Labute approximate surface area is 68.9 Å². The largest absolute Gasteiger partial charge is 0.266 e. The van der Waals surface area contributed by atoms with Crippen LogP contribution in [0.2, 0.25) is 0 Å². The van der Waals surface area contributed by atoms with Crippen molar-refractivity contribution in [2.45, 2.75) is 20.8 Å². The Morgan fingerprint density at radius 2 is 2.00 bits per heavy atom. The van der Waals surface area contributed by atoms with Crippen molar-refractivity contribution >= 4 is 6.21 Å². The Morgan fingerprint density at radius 1 is 1.36 bits per heavy atom. The summed E-state index contributed by atoms with van der Waals surface area (Å²) in [6, 6.07) is 0. The number of hydrogen-bond donors (Lipinski definition) is 0. The summed E-state index contributed by atoms with van der Waals surface area (Å²) in [6.07, 6.45) is 7.56. The van der Waals surface area contributed by atoms with Crippen molar-refractivity contribution in [3.8, 4) is 0 Å². The van der Waals surface area contributed by atoms with E-state index >= 15 is 0 Å². The summed E-state index contributed by atoms with van der Waals surface area (Å²) < 4.78 is 0. The maximum Gasteiger partial charge on any atom is 0.0440 e. The van der Waals surface area contributed by atoms with Gasteiger partial charge in [-0.3, -0.25) is 4.99 Å². The Hall–Kier alpha value is -1.11. The van der Waals surface area contributed by atoms with Crippen molar-refractivity contribution in [2.24, 2.45) is 4.99 Å². The van der Waals surface area contributed by atoms with Gasteiger partial charge in [0.25, 0.3) is 0 Å². The predicted octanol–water partition coefficient (Wildman–Crippen LogP) is 3.11. The second kappa shape index (κ2) is 5.66. The van der Waals surface area contributed by atoms with E-state index in [9.17, 15) is 0 Å². The van der Waals surface area contributed by atoms with Gasteiger partial charge in [-0.1, -0.05) is 24.8 Å². The quantitative estimate of drug-likeness (QED) is 0.432. The van der Waals surface area contributed by atoms with Crippen LogP contribution >= 0.6 is 0 Å². The third-order valence-corrected chi connectivity index (χ3v) is 1.31. The van der Waals surface area contributed by atoms with E-state index in [0.29, 0.717) is 0 Å². The summed E-state index contributed by atoms with van der Waals surface area (Å²) in [5.41, 5.74) is 2.08. The smallest absolute Gasteiger partial charge is 0.0440 e. The zero-order valence-electron chi connectivity index (χ0n) is 7.46. The van der Waals surface area contributed by atoms with Crippen LogP contribution in [-0.2, 0) is 0 Å². The van der Waals surface area contributed by atoms with Crippen LogP contribution in [-0.4, -0.2) is 6.21 Å². The molecule has 0 fully saturated rings. The third-order valence-electron chi connectivity index (χ3n) is 1.31. The molecule has 0 aromatic heterocycles. The van der Waals surface area contributed by atoms with Crippen molar-refractivity contribution < 1.29 is 0 Å². The van der Waals surface area contributed by atoms with E-state index in [2.05, 4.69) is 11.6 Å². The molecule has 0 amide bonds. The van der Waals surface area contributed by atoms with E-state index in [4.69, 9.17) is 0 Å². The topological polar surface area (TPSA) is 12.4 Å². The van der Waals surface area contributed by atoms with Crippen LogP contribution in [0, 0.1) is 0 Å². The van der Waals surface area contributed by atoms with E-state index in [0.717, 1.165) is 11.3 Å². The van der Waals surface area contributed by atoms with Gasteiger partial charge in [-0.25, -0.2) is 0 Å². The molecular formula is C10H15N. The minimum absolute atomic E-state index is 1.00. The van der Waals surface area contributed by atoms with Gasteiger partial charge in [0, 0.05) is 11.9 Å². The van der Waals surface area contributed by atoms with E-state index < -0.39 is 0 Å². The molecule has 0 saturated carbocycles. The Bertz CT molecular complexity index is 207. The maximum absolute atomic E-state index is 4.15. The highest BCUT2D eigenvalue weighted by Crippen LogP contribution is 2.07. The van der Waals surface area contributed by atoms with Crippen LogP contribution in [0.1, 0.15) is 20.8 Å². The molecule has 0 aliphatic carbocycles. The maximum atomic E-state index is 4.15. The fraction of sp³-hybridized carbons (Fsp3) is 0.300. The van der Waals surface area contributed by atoms with Gasteiger partial charge in [0.1, 0.15) is 0 Å². The molecule has 60 valence electrons. The summed E-state index contributed by atoms with van der Waals surface area (Å²) in [6.45, 7) is 9.55. The highest BCUT2D eigenvalue weighted by Gasteiger charge is 1.89. The first-order valence-electron chi connectivity index (χ1n) is 3.71. The second-order valence-corrected chi connectivity index (χ2v) is 2.13. The first kappa shape index (κ1) is 9.89. The average Bonchev–Trinajstić information content (AvgIpc) is 2.00. The predicted molar refractivity (Wildman–Crippen MR) is 51.9 cm³/mol. The van der Waals surface area contributed by atoms with Crippen molar-refractivity contribution in [3.63, 3.8) is 0 Å². The first-order chi connectivity index (χ1) is 5.26. The second-order valence-electron chi connectivity index (χ2n) is 2.13. The third kappa shape index (κ3) is 3.56. The van der Waals surface area contributed by atoms with Crippen LogP contribution in [0.15, 0.2) is 41.1 Å². The lowest BCUT2D eigenvalue weighted by Crippen LogP contribution is -1.77. The van der Waals surface area contributed by atoms with Crippen molar-refractivity contribution in [1.29, 1.82) is 0 Å². The van der Waals surface area contributed by atoms with Crippen LogP contribution in [0.5, 0.6) is 0 Å². The van der Waals surface area contributed by atoms with Crippen molar-refractivity contribution in [1.82, 2.24) is 0 Å². The molecule has 0 saturated heterocycles. The Balaban J connectivity index is 4.66. The number of rotatable bonds is 3. The Morgan fingerprint density at radius 3 is 2.36 bits per heavy atom. The summed E-state index contributed by atoms with van der Waals surface area (Å²) in [5, 5.41) is 0. The standard InChI is InChI=1S/C10H15N/c1-5-8-10(6-2)9(4)11-7-3/h5-8H,2H2,1,3-4H3/b8-5-,10-9+,11-7?. The molecule has 0 heterocycles. The van der Waals surface area contributed by atoms with Gasteiger partial charge in [0.2, 0.25) is 0 Å². The van der Waals surface area contributed by atoms with Gasteiger partial charge >= 0.3 is 0 Å². The lowest BCUT2D eigenvalue weighted by molar-refractivity contribution is 1.27. The van der Waals surface area contributed by atoms with E-state index in [1.54, 1.807) is 6.21 Å². The molecule has 0 unspecified atom stereocenters. The van der Waals surface area contributed by atoms with Gasteiger partial charge in [-0.05, 0) is 26.3 Å². The summed E-state index contributed by atoms with van der Waals surface area (Å²) in [4.78, 5) is 4.15. The molecule has 11 heavy (non-hydrogen) atoms. The number of allylic oxidation sites excluding steroid dienone is 5. The van der Waals surface area contributed by atoms with Crippen LogP contribution in [0.3, 0.4) is 0 Å². The van der Waals surface area contributed by atoms with Gasteiger partial charge in [0.05, 0.1) is 0 Å². The fourth-order valence-electron chi connectivity index (χ4n) is 0.784. The summed E-state index contributed by atoms with van der Waals surface area (Å²) in [5.74, 6) is 0. The molecule has 0 bridgehead atoms. The molecule has 0 aromatic rings. The fourth-order valence-corrected chi connectivity index (χ4v) is 0.784. The molecule has 0 aliphatic heterocycles. The Kier molecular flexibility index (Phi) is 5.09. The summed E-state index contributed by atoms with van der Waals surface area (Å²) >= 11 is 0. The minimum atomic E-state index is 1.00. The van der Waals surface area contributed by atoms with Gasteiger partial charge in [0.15, 0.2) is 0 Å². The molecule has 0 spiro atoms. The van der Waals surface area contributed by atoms with E-state index in [1.165, 1.54) is 0 Å². The van der Waals surface area contributed by atoms with Crippen LogP contribution in [0.4, 0.5) is 0 Å². The minimum Gasteiger partial charge on any atom is -0.266 e. The molecule has 1 heteroatoms. The summed E-state index contributed by atoms with van der Waals surface area (Å²) in [7, 11) is 0. The highest BCUT2D eigenvalue weighted by molar-refractivity contribution is 5.56. The number of aliphatic imine (C=N–C) groups is 1. The van der Waals surface area contributed by atoms with Gasteiger partial charge < -0.3 is 0 Å². The lowest BCUT2D eigenvalue weighted by atomic mass is 10.2. The van der Waals surface area contributed by atoms with Crippen LogP contribution < -0.4 is 0 Å². The average molecular weight is 149 g/mol. The monoisotopic (exact) mass is 149 g/mol. The van der Waals surface area contributed by atoms with Gasteiger partial charge in [-0.2, -0.15) is 0 Å². The zero-order chi connectivity index (χ0) is 8.69. The molecule has 0 atom stereocenters. The first-order valence-corrected chi connectivity index (χ1v) is 3.71. The lowest BCUT2D eigenvalue weighted by Gasteiger charge is -1.95. The number of nitrogens with zero attached hydrogens (tertiary/aromatic N) is 1. The molecule has 0 radical (unpaired) electrons. The van der Waals surface area contributed by atoms with Gasteiger partial charge in [-0.15, -0.1) is 0 Å². The molecule has 0 aromatic carbocycles. The van der Waals surface area contributed by atoms with Crippen molar-refractivity contribution in [3.05, 3.63) is 36.1 Å². The van der Waals surface area contributed by atoms with Crippen LogP contribution in [0.25, 0.3) is 0 Å². The highest BCUT2D eigenvalue weighted by atomic mass is 14.7. The normalized spacial score (nSPS) is 14.1. The van der Waals surface area contributed by atoms with E-state index in [1.807, 2.05) is 39.0 Å². The molecule has 0 rings (SSSR count). The molecule has 0 aliphatic rings. The SMILES string of the molecule is C=CC(/C=C\C)=C(/C)N=CC. The molecular weight excluding hydrogens is 134 g/mol. The van der Waals surface area contributed by atoms with E-state index in [-0.39, 0.29) is 0 Å². The van der Waals surface area contributed by atoms with Crippen molar-refractivity contribution in [2.75, 3.05) is 0 Å². The molecule has 1 nitrogen and oxygen atoms in total. The zero-order valence-corrected chi connectivity index (χ0v) is 7.46.